The van der Waals surface area contributed by atoms with Crippen molar-refractivity contribution in [1.82, 2.24) is 19.9 Å². The third kappa shape index (κ3) is 6.83. The maximum absolute atomic E-state index is 12.0. The summed E-state index contributed by atoms with van der Waals surface area (Å²) in [5, 5.41) is 6.00. The van der Waals surface area contributed by atoms with Gasteiger partial charge in [-0.15, -0.1) is 11.3 Å². The molecule has 2 aromatic rings. The van der Waals surface area contributed by atoms with E-state index in [1.165, 1.54) is 0 Å². The van der Waals surface area contributed by atoms with Crippen LogP contribution in [0.1, 0.15) is 12.3 Å². The summed E-state index contributed by atoms with van der Waals surface area (Å²) in [7, 11) is 0. The molecule has 1 fully saturated rings. The van der Waals surface area contributed by atoms with Crippen LogP contribution in [0.15, 0.2) is 20.4 Å². The van der Waals surface area contributed by atoms with Gasteiger partial charge in [-0.1, -0.05) is 5.16 Å². The van der Waals surface area contributed by atoms with Crippen molar-refractivity contribution in [3.05, 3.63) is 21.8 Å². The van der Waals surface area contributed by atoms with E-state index in [0.717, 1.165) is 42.1 Å². The maximum Gasteiger partial charge on any atom is 0.411 e. The summed E-state index contributed by atoms with van der Waals surface area (Å²) in [6.07, 6.45) is -3.65. The normalized spacial score (nSPS) is 16.9. The lowest BCUT2D eigenvalue weighted by Gasteiger charge is -2.33. The van der Waals surface area contributed by atoms with Crippen LogP contribution in [0.5, 0.6) is 0 Å². The van der Waals surface area contributed by atoms with Crippen molar-refractivity contribution < 1.29 is 22.4 Å². The fourth-order valence-corrected chi connectivity index (χ4v) is 4.14. The summed E-state index contributed by atoms with van der Waals surface area (Å²) in [6, 6.07) is 1.95. The molecule has 0 aliphatic carbocycles. The highest BCUT2D eigenvalue weighted by Gasteiger charge is 2.27. The smallest absolute Gasteiger partial charge is 0.372 e. The number of rotatable bonds is 8. The summed E-state index contributed by atoms with van der Waals surface area (Å²) in [5.74, 6) is 1.18. The predicted molar refractivity (Wildman–Crippen MR) is 98.5 cm³/mol. The van der Waals surface area contributed by atoms with Gasteiger partial charge in [0, 0.05) is 49.2 Å². The minimum Gasteiger partial charge on any atom is -0.372 e. The molecule has 2 aromatic heterocycles. The standard InChI is InChI=1S/C16H20BrF3N4O2S/c17-12-8-13(27-10-12)15-21-14(26-22-15)9-24-5-3-23(4-6-24)2-1-7-25-11-16(18,19)20/h8,10H,1-7,9,11H2. The number of piperazine rings is 1. The van der Waals surface area contributed by atoms with E-state index in [-0.39, 0.29) is 6.61 Å². The molecule has 1 aliphatic heterocycles. The second-order valence-electron chi connectivity index (χ2n) is 6.28. The Bertz CT molecular complexity index is 717. The van der Waals surface area contributed by atoms with Crippen molar-refractivity contribution in [2.24, 2.45) is 0 Å². The van der Waals surface area contributed by atoms with Crippen LogP contribution >= 0.6 is 27.3 Å². The molecule has 11 heteroatoms. The van der Waals surface area contributed by atoms with Crippen molar-refractivity contribution in [3.63, 3.8) is 0 Å². The molecule has 0 bridgehead atoms. The number of alkyl halides is 3. The van der Waals surface area contributed by atoms with E-state index < -0.39 is 12.8 Å². The molecular weight excluding hydrogens is 449 g/mol. The van der Waals surface area contributed by atoms with Gasteiger partial charge in [0.1, 0.15) is 6.61 Å². The highest BCUT2D eigenvalue weighted by molar-refractivity contribution is 9.10. The molecule has 0 aromatic carbocycles. The average molecular weight is 469 g/mol. The van der Waals surface area contributed by atoms with Crippen molar-refractivity contribution in [1.29, 1.82) is 0 Å². The zero-order chi connectivity index (χ0) is 19.3. The molecule has 1 saturated heterocycles. The molecule has 0 saturated carbocycles. The first-order chi connectivity index (χ1) is 12.9. The van der Waals surface area contributed by atoms with Gasteiger partial charge >= 0.3 is 6.18 Å². The fourth-order valence-electron chi connectivity index (χ4n) is 2.79. The quantitative estimate of drug-likeness (QED) is 0.551. The first-order valence-electron chi connectivity index (χ1n) is 8.55. The number of thiophene rings is 1. The number of hydrogen-bond acceptors (Lipinski definition) is 7. The zero-order valence-corrected chi connectivity index (χ0v) is 16.9. The van der Waals surface area contributed by atoms with Gasteiger partial charge < -0.3 is 14.2 Å². The molecule has 3 rings (SSSR count). The van der Waals surface area contributed by atoms with E-state index in [0.29, 0.717) is 24.7 Å². The Balaban J connectivity index is 1.34. The van der Waals surface area contributed by atoms with Crippen molar-refractivity contribution >= 4 is 27.3 Å². The Morgan fingerprint density at radius 2 is 1.96 bits per heavy atom. The van der Waals surface area contributed by atoms with Crippen LogP contribution in [0.2, 0.25) is 0 Å². The molecular formula is C16H20BrF3N4O2S. The number of ether oxygens (including phenoxy) is 1. The van der Waals surface area contributed by atoms with Crippen molar-refractivity contribution in [3.8, 4) is 10.7 Å². The lowest BCUT2D eigenvalue weighted by atomic mass is 10.3. The number of hydrogen-bond donors (Lipinski definition) is 0. The van der Waals surface area contributed by atoms with Crippen molar-refractivity contribution in [2.75, 3.05) is 45.9 Å². The van der Waals surface area contributed by atoms with E-state index in [1.54, 1.807) is 11.3 Å². The SMILES string of the molecule is FC(F)(F)COCCCN1CCN(Cc2nc(-c3cc(Br)cs3)no2)CC1. The molecule has 27 heavy (non-hydrogen) atoms. The Morgan fingerprint density at radius 1 is 1.22 bits per heavy atom. The zero-order valence-electron chi connectivity index (χ0n) is 14.5. The average Bonchev–Trinajstić information content (AvgIpc) is 3.24. The molecule has 0 radical (unpaired) electrons. The summed E-state index contributed by atoms with van der Waals surface area (Å²) < 4.78 is 47.0. The van der Waals surface area contributed by atoms with E-state index in [4.69, 9.17) is 4.52 Å². The van der Waals surface area contributed by atoms with Crippen LogP contribution in [0.3, 0.4) is 0 Å². The highest BCUT2D eigenvalue weighted by Crippen LogP contribution is 2.27. The van der Waals surface area contributed by atoms with Gasteiger partial charge in [0.15, 0.2) is 0 Å². The van der Waals surface area contributed by atoms with Gasteiger partial charge in [-0.2, -0.15) is 18.2 Å². The molecule has 0 spiro atoms. The van der Waals surface area contributed by atoms with E-state index in [9.17, 15) is 13.2 Å². The lowest BCUT2D eigenvalue weighted by molar-refractivity contribution is -0.174. The molecule has 1 aliphatic rings. The van der Waals surface area contributed by atoms with Gasteiger partial charge in [0.25, 0.3) is 0 Å². The largest absolute Gasteiger partial charge is 0.411 e. The van der Waals surface area contributed by atoms with Crippen LogP contribution in [-0.2, 0) is 11.3 Å². The van der Waals surface area contributed by atoms with Gasteiger partial charge in [-0.25, -0.2) is 0 Å². The van der Waals surface area contributed by atoms with E-state index >= 15 is 0 Å². The Kier molecular flexibility index (Phi) is 7.26. The molecule has 0 N–H and O–H groups in total. The topological polar surface area (TPSA) is 54.6 Å². The third-order valence-electron chi connectivity index (χ3n) is 4.11. The Hall–Kier alpha value is -1.01. The van der Waals surface area contributed by atoms with Crippen molar-refractivity contribution in [2.45, 2.75) is 19.1 Å². The van der Waals surface area contributed by atoms with E-state index in [2.05, 4.69) is 40.6 Å². The van der Waals surface area contributed by atoms with Crippen LogP contribution in [-0.4, -0.2) is 72.1 Å². The third-order valence-corrected chi connectivity index (χ3v) is 5.80. The molecule has 6 nitrogen and oxygen atoms in total. The predicted octanol–water partition coefficient (Wildman–Crippen LogP) is 3.65. The van der Waals surface area contributed by atoms with Gasteiger partial charge in [0.05, 0.1) is 11.4 Å². The van der Waals surface area contributed by atoms with Gasteiger partial charge in [-0.3, -0.25) is 4.90 Å². The summed E-state index contributed by atoms with van der Waals surface area (Å²) in [6.45, 7) is 3.72. The fraction of sp³-hybridized carbons (Fsp3) is 0.625. The lowest BCUT2D eigenvalue weighted by Crippen LogP contribution is -2.46. The molecule has 0 atom stereocenters. The summed E-state index contributed by atoms with van der Waals surface area (Å²) >= 11 is 4.96. The van der Waals surface area contributed by atoms with E-state index in [1.807, 2.05) is 11.4 Å². The summed E-state index contributed by atoms with van der Waals surface area (Å²) in [4.78, 5) is 9.86. The van der Waals surface area contributed by atoms with Crippen LogP contribution in [0.25, 0.3) is 10.7 Å². The van der Waals surface area contributed by atoms with Crippen LogP contribution in [0, 0.1) is 0 Å². The van der Waals surface area contributed by atoms with Crippen LogP contribution < -0.4 is 0 Å². The highest BCUT2D eigenvalue weighted by atomic mass is 79.9. The molecule has 0 unspecified atom stereocenters. The molecule has 0 amide bonds. The molecule has 150 valence electrons. The molecule has 3 heterocycles. The Labute approximate surface area is 167 Å². The van der Waals surface area contributed by atoms with Gasteiger partial charge in [-0.05, 0) is 28.4 Å². The number of nitrogens with zero attached hydrogens (tertiary/aromatic N) is 4. The monoisotopic (exact) mass is 468 g/mol. The van der Waals surface area contributed by atoms with Crippen LogP contribution in [0.4, 0.5) is 13.2 Å². The number of halogens is 4. The minimum absolute atomic E-state index is 0.128. The first kappa shape index (κ1) is 20.7. The second kappa shape index (κ2) is 9.46. The minimum atomic E-state index is -4.25. The Morgan fingerprint density at radius 3 is 2.63 bits per heavy atom. The number of aromatic nitrogens is 2. The summed E-state index contributed by atoms with van der Waals surface area (Å²) in [5.41, 5.74) is 0. The second-order valence-corrected chi connectivity index (χ2v) is 8.11. The van der Waals surface area contributed by atoms with Gasteiger partial charge in [0.2, 0.25) is 11.7 Å². The maximum atomic E-state index is 12.0. The first-order valence-corrected chi connectivity index (χ1v) is 10.2.